The number of nitrogens with one attached hydrogen (secondary N) is 3. The Morgan fingerprint density at radius 1 is 0.446 bits per heavy atom. The number of ether oxygens (including phenoxy) is 3. The lowest BCUT2D eigenvalue weighted by molar-refractivity contribution is -0.119. The number of Topliss-reactive ketones (excluding diaryl/α,β-unsaturated/α-hetero) is 1. The number of benzene rings is 7. The zero-order valence-corrected chi connectivity index (χ0v) is 70.2. The van der Waals surface area contributed by atoms with Gasteiger partial charge in [-0.1, -0.05) is 96.5 Å². The zero-order valence-electron chi connectivity index (χ0n) is 69.5. The second-order valence-corrected chi connectivity index (χ2v) is 32.3. The van der Waals surface area contributed by atoms with Gasteiger partial charge in [-0.15, -0.1) is 0 Å². The van der Waals surface area contributed by atoms with Crippen LogP contribution < -0.4 is 45.8 Å². The molecule has 121 heavy (non-hydrogen) atoms. The minimum Gasteiger partial charge on any atom is -0.441 e. The molecule has 17 rings (SSSR count). The fraction of sp³-hybridized carbons (Fsp3) is 0.441. The van der Waals surface area contributed by atoms with Crippen LogP contribution in [0.3, 0.4) is 0 Å². The second-order valence-electron chi connectivity index (χ2n) is 31.9. The van der Waals surface area contributed by atoms with E-state index in [0.717, 1.165) is 209 Å². The summed E-state index contributed by atoms with van der Waals surface area (Å²) in [6.07, 6.45) is 11.5. The van der Waals surface area contributed by atoms with Crippen LogP contribution in [0.15, 0.2) is 170 Å². The molecule has 10 heterocycles. The van der Waals surface area contributed by atoms with Crippen molar-refractivity contribution in [3.63, 3.8) is 0 Å². The molecular weight excluding hydrogens is 1550 g/mol. The molecule has 10 aliphatic heterocycles. The third-order valence-corrected chi connectivity index (χ3v) is 23.6. The molecule has 28 heteroatoms. The first-order chi connectivity index (χ1) is 58.4. The van der Waals surface area contributed by atoms with Crippen LogP contribution in [-0.4, -0.2) is 223 Å². The van der Waals surface area contributed by atoms with Crippen molar-refractivity contribution in [3.05, 3.63) is 249 Å². The van der Waals surface area contributed by atoms with Gasteiger partial charge in [-0.2, -0.15) is 0 Å². The van der Waals surface area contributed by atoms with Crippen molar-refractivity contribution >= 4 is 104 Å². The molecule has 0 atom stereocenters. The average molecular weight is 1660 g/mol. The smallest absolute Gasteiger partial charge is 0.410 e. The number of hydrogen-bond acceptors (Lipinski definition) is 18. The van der Waals surface area contributed by atoms with Crippen LogP contribution in [0.25, 0.3) is 29.1 Å². The number of piperidine rings is 7. The molecule has 10 fully saturated rings. The molecule has 27 nitrogen and oxygen atoms in total. The van der Waals surface area contributed by atoms with Crippen molar-refractivity contribution in [1.29, 1.82) is 5.41 Å². The fourth-order valence-electron chi connectivity index (χ4n) is 15.7. The number of epoxide rings is 1. The number of aliphatic hydroxyl groups is 3. The largest absolute Gasteiger partial charge is 0.441 e. The Morgan fingerprint density at radius 2 is 0.719 bits per heavy atom. The molecule has 10 aliphatic rings. The van der Waals surface area contributed by atoms with Crippen molar-refractivity contribution in [1.82, 2.24) is 20.4 Å². The molecule has 7 aromatic carbocycles. The Balaban J connectivity index is 0.000000147. The van der Waals surface area contributed by atoms with Crippen LogP contribution in [0.4, 0.5) is 77.8 Å². The number of likely N-dealkylation sites (N-methyl/N-ethyl adjacent to an activating group) is 3. The molecule has 0 radical (unpaired) electrons. The molecule has 0 unspecified atom stereocenters. The third kappa shape index (κ3) is 27.3. The summed E-state index contributed by atoms with van der Waals surface area (Å²) in [7, 11) is 5.43. The van der Waals surface area contributed by atoms with E-state index in [1.54, 1.807) is 48.2 Å². The number of nitrogens with two attached hydrogens (primary N) is 1. The summed E-state index contributed by atoms with van der Waals surface area (Å²) in [5.74, 6) is 0.434. The van der Waals surface area contributed by atoms with Crippen molar-refractivity contribution in [3.8, 4) is 0 Å². The van der Waals surface area contributed by atoms with Gasteiger partial charge in [0.25, 0.3) is 0 Å². The summed E-state index contributed by atoms with van der Waals surface area (Å²) in [6, 6.07) is 52.8. The lowest BCUT2D eigenvalue weighted by Crippen LogP contribution is -2.49. The summed E-state index contributed by atoms with van der Waals surface area (Å²) in [4.78, 5) is 71.2. The predicted octanol–water partition coefficient (Wildman–Crippen LogP) is 15.7. The number of carbonyl (C=O) groups excluding carboxylic acids is 3. The summed E-state index contributed by atoms with van der Waals surface area (Å²) >= 11 is 5.57. The van der Waals surface area contributed by atoms with Crippen LogP contribution in [-0.2, 0) is 19.0 Å². The molecule has 3 spiro atoms. The molecule has 0 bridgehead atoms. The minimum absolute atomic E-state index is 0.0266. The normalized spacial score (nSPS) is 18.9. The molecule has 0 aliphatic carbocycles. The number of anilines is 6. The number of aliphatic hydroxyl groups excluding tert-OH is 2. The van der Waals surface area contributed by atoms with Crippen LogP contribution >= 0.6 is 11.6 Å². The standard InChI is InChI=1S/C15H20N4O2.C15H17N3O2.C14H19N3O.C13H14N2O.C12H14N2O.C12H12N2O.C7H4ClN.C5H11NO/c1-18-10-15(21-14(18)20)6-8-19(9-7-15)12-4-2-11(3-5-12)13(16)17;1-16-12-3-5-13(6-4-12)18-9-7-15(8-10-18)11-17(2)14(19)20-15;1-15-11-14(18)7-9-17(10-8-14)13-5-3-12(16-2)4-6-13;1-14-11-2-4-12(5-3-11)15-8-6-13(7-9-15)10-16-13;2*1-13-10-2-4-11(5-3-10)14-8-6-12(15)7-9-14;1-9-7-4-2-6(8)3-5-7;7-5-1-3-6-4-2-5/h2-5H,6-10H2,1H3,(H3,16,17);3-6H,7-11H2,2H3;3-6,15,18H,7-11H2,1H3;2-5H,6-10H2;2-5,12,15H,6-9H2;2-5H,6-9H2;2-5H;5-7H,1-4H2. The van der Waals surface area contributed by atoms with E-state index < -0.39 is 5.60 Å². The maximum atomic E-state index is 11.6. The number of halogens is 1. The molecule has 2 amide bonds. The monoisotopic (exact) mass is 1660 g/mol. The topological polar surface area (TPSA) is 269 Å². The first kappa shape index (κ1) is 91.3. The number of nitrogens with zero attached hydrogens (tertiary/aromatic N) is 14. The van der Waals surface area contributed by atoms with Crippen molar-refractivity contribution < 1.29 is 43.9 Å². The second kappa shape index (κ2) is 44.3. The summed E-state index contributed by atoms with van der Waals surface area (Å²) in [6.45, 7) is 56.8. The SMILES string of the molecule is CN1CC2(CCN(c3ccc(C(=N)N)cc3)CC2)OC1=O.OC1CCNCC1.[C-]#[N+]c1ccc(Cl)cc1.[C-]#[N+]c1ccc(N2CCC(=O)CC2)cc1.[C-]#[N+]c1ccc(N2CCC(O)(CNC)CC2)cc1.[C-]#[N+]c1ccc(N2CCC(O)CC2)cc1.[C-]#[N+]c1ccc(N2CCC3(CC2)CN(C)C(=O)O3)cc1.[C-]#[N+]c1ccc(N2CCC3(CC2)CO3)cc1. The maximum absolute atomic E-state index is 11.6. The van der Waals surface area contributed by atoms with Crippen LogP contribution in [0.5, 0.6) is 0 Å². The van der Waals surface area contributed by atoms with Gasteiger partial charge in [-0.25, -0.2) is 38.7 Å². The lowest BCUT2D eigenvalue weighted by atomic mass is 9.91. The third-order valence-electron chi connectivity index (χ3n) is 23.4. The van der Waals surface area contributed by atoms with Gasteiger partial charge >= 0.3 is 12.2 Å². The van der Waals surface area contributed by atoms with Crippen molar-refractivity contribution in [2.75, 3.05) is 168 Å². The fourth-order valence-corrected chi connectivity index (χ4v) is 15.8. The Kier molecular flexibility index (Phi) is 33.5. The zero-order chi connectivity index (χ0) is 86.4. The van der Waals surface area contributed by atoms with Gasteiger partial charge < -0.3 is 85.1 Å². The van der Waals surface area contributed by atoms with Crippen molar-refractivity contribution in [2.45, 2.75) is 125 Å². The van der Waals surface area contributed by atoms with E-state index in [9.17, 15) is 24.6 Å². The van der Waals surface area contributed by atoms with Crippen LogP contribution in [0.2, 0.25) is 5.02 Å². The molecule has 0 aromatic heterocycles. The number of carbonyl (C=O) groups is 3. The highest BCUT2D eigenvalue weighted by Crippen LogP contribution is 2.41. The molecule has 634 valence electrons. The molecular formula is C93H111ClN18O9. The Hall–Kier alpha value is -12.0. The van der Waals surface area contributed by atoms with Crippen molar-refractivity contribution in [2.24, 2.45) is 5.73 Å². The Morgan fingerprint density at radius 3 is 0.983 bits per heavy atom. The first-order valence-corrected chi connectivity index (χ1v) is 41.7. The Bertz CT molecular complexity index is 4750. The highest BCUT2D eigenvalue weighted by molar-refractivity contribution is 6.30. The number of amidine groups is 1. The van der Waals surface area contributed by atoms with Gasteiger partial charge in [0.2, 0.25) is 0 Å². The number of amides is 2. The van der Waals surface area contributed by atoms with Gasteiger partial charge in [0.15, 0.2) is 34.1 Å². The quantitative estimate of drug-likeness (QED) is 0.0306. The number of nitrogen functional groups attached to an aromatic ring is 1. The summed E-state index contributed by atoms with van der Waals surface area (Å²) in [5.41, 5.74) is 16.1. The lowest BCUT2D eigenvalue weighted by Gasteiger charge is -2.39. The van der Waals surface area contributed by atoms with E-state index >= 15 is 0 Å². The van der Waals surface area contributed by atoms with Crippen LogP contribution in [0.1, 0.15) is 95.5 Å². The molecule has 0 saturated carbocycles. The van der Waals surface area contributed by atoms with E-state index in [0.29, 0.717) is 77.4 Å². The number of rotatable bonds is 9. The summed E-state index contributed by atoms with van der Waals surface area (Å²) < 4.78 is 16.6. The molecule has 10 saturated heterocycles. The van der Waals surface area contributed by atoms with E-state index in [-0.39, 0.29) is 47.0 Å². The van der Waals surface area contributed by atoms with E-state index in [2.05, 4.69) is 69.1 Å². The van der Waals surface area contributed by atoms with Gasteiger partial charge in [0.05, 0.1) is 82.5 Å². The minimum atomic E-state index is -0.568. The first-order valence-electron chi connectivity index (χ1n) is 41.3. The molecule has 7 aromatic rings. The van der Waals surface area contributed by atoms with Gasteiger partial charge in [0.1, 0.15) is 22.8 Å². The van der Waals surface area contributed by atoms with Gasteiger partial charge in [-0.05, 0) is 156 Å². The van der Waals surface area contributed by atoms with E-state index in [4.69, 9.17) is 81.5 Å². The van der Waals surface area contributed by atoms with Gasteiger partial charge in [0, 0.05) is 182 Å². The Labute approximate surface area is 717 Å². The van der Waals surface area contributed by atoms with E-state index in [1.807, 2.05) is 153 Å². The van der Waals surface area contributed by atoms with Crippen LogP contribution in [0, 0.1) is 44.8 Å². The van der Waals surface area contributed by atoms with E-state index in [1.165, 1.54) is 5.69 Å². The average Bonchev–Trinajstić information content (AvgIpc) is 1.65. The highest BCUT2D eigenvalue weighted by Gasteiger charge is 2.48. The number of ketones is 1. The molecule has 8 N–H and O–H groups in total. The maximum Gasteiger partial charge on any atom is 0.410 e. The highest BCUT2D eigenvalue weighted by atomic mass is 35.5. The predicted molar refractivity (Wildman–Crippen MR) is 478 cm³/mol. The van der Waals surface area contributed by atoms with Gasteiger partial charge in [-0.3, -0.25) is 10.2 Å². The number of hydrogen-bond donors (Lipinski definition) is 7. The summed E-state index contributed by atoms with van der Waals surface area (Å²) in [5, 5.41) is 42.8.